The van der Waals surface area contributed by atoms with E-state index in [-0.39, 0.29) is 0 Å². The summed E-state index contributed by atoms with van der Waals surface area (Å²) in [6.45, 7) is 0. The van der Waals surface area contributed by atoms with Crippen LogP contribution in [0.15, 0.2) is 0 Å². The first kappa shape index (κ1) is 10.5. The number of aliphatic carboxylic acids is 1. The van der Waals surface area contributed by atoms with E-state index in [2.05, 4.69) is 4.72 Å². The van der Waals surface area contributed by atoms with Crippen molar-refractivity contribution >= 4 is 16.0 Å². The van der Waals surface area contributed by atoms with Crippen LogP contribution in [0.3, 0.4) is 0 Å². The van der Waals surface area contributed by atoms with Crippen LogP contribution in [-0.2, 0) is 14.8 Å². The van der Waals surface area contributed by atoms with Crippen LogP contribution in [0.4, 0.5) is 0 Å². The molecule has 1 aliphatic carbocycles. The maximum Gasteiger partial charge on any atom is 0.324 e. The molecule has 0 radical (unpaired) electrons. The summed E-state index contributed by atoms with van der Waals surface area (Å²) in [7, 11) is -3.44. The lowest BCUT2D eigenvalue weighted by atomic mass is 10.0. The Bertz CT molecular complexity index is 302. The van der Waals surface area contributed by atoms with Crippen molar-refractivity contribution in [2.24, 2.45) is 0 Å². The summed E-state index contributed by atoms with van der Waals surface area (Å²) in [6.07, 6.45) is 3.27. The van der Waals surface area contributed by atoms with Crippen LogP contribution in [0.2, 0.25) is 0 Å². The lowest BCUT2D eigenvalue weighted by Crippen LogP contribution is -2.51. The number of nitrogens with one attached hydrogen (secondary N) is 1. The van der Waals surface area contributed by atoms with Gasteiger partial charge < -0.3 is 5.11 Å². The van der Waals surface area contributed by atoms with Crippen LogP contribution in [0.25, 0.3) is 0 Å². The summed E-state index contributed by atoms with van der Waals surface area (Å²) in [5.74, 6) is -1.07. The van der Waals surface area contributed by atoms with E-state index in [1.807, 2.05) is 0 Å². The fraction of sp³-hybridized carbons (Fsp3) is 0.857. The Balaban J connectivity index is 2.86. The quantitative estimate of drug-likeness (QED) is 0.678. The fourth-order valence-electron chi connectivity index (χ4n) is 1.69. The summed E-state index contributed by atoms with van der Waals surface area (Å²) in [6, 6.07) is 0. The minimum Gasteiger partial charge on any atom is -0.480 e. The van der Waals surface area contributed by atoms with Crippen LogP contribution in [0.1, 0.15) is 25.7 Å². The summed E-state index contributed by atoms with van der Waals surface area (Å²) < 4.78 is 24.0. The Hall–Kier alpha value is -0.620. The van der Waals surface area contributed by atoms with E-state index >= 15 is 0 Å². The van der Waals surface area contributed by atoms with Crippen LogP contribution in [-0.4, -0.2) is 31.3 Å². The van der Waals surface area contributed by atoms with Gasteiger partial charge in [0.1, 0.15) is 5.54 Å². The number of carboxylic acid groups (broad SMARTS) is 1. The van der Waals surface area contributed by atoms with Gasteiger partial charge in [-0.1, -0.05) is 12.8 Å². The van der Waals surface area contributed by atoms with Gasteiger partial charge in [0.15, 0.2) is 0 Å². The Kier molecular flexibility index (Phi) is 2.63. The normalized spacial score (nSPS) is 21.6. The van der Waals surface area contributed by atoms with Crippen molar-refractivity contribution in [3.8, 4) is 0 Å². The highest BCUT2D eigenvalue weighted by atomic mass is 32.2. The van der Waals surface area contributed by atoms with Gasteiger partial charge in [0.05, 0.1) is 6.26 Å². The van der Waals surface area contributed by atoms with Gasteiger partial charge in [0, 0.05) is 0 Å². The van der Waals surface area contributed by atoms with Gasteiger partial charge in [-0.3, -0.25) is 4.79 Å². The Morgan fingerprint density at radius 2 is 1.85 bits per heavy atom. The number of sulfonamides is 1. The largest absolute Gasteiger partial charge is 0.480 e. The highest BCUT2D eigenvalue weighted by Gasteiger charge is 2.43. The van der Waals surface area contributed by atoms with Crippen molar-refractivity contribution in [3.63, 3.8) is 0 Å². The van der Waals surface area contributed by atoms with Crippen LogP contribution in [0.5, 0.6) is 0 Å². The van der Waals surface area contributed by atoms with Gasteiger partial charge in [-0.2, -0.15) is 4.72 Å². The lowest BCUT2D eigenvalue weighted by molar-refractivity contribution is -0.143. The van der Waals surface area contributed by atoms with E-state index < -0.39 is 21.5 Å². The molecule has 0 unspecified atom stereocenters. The first-order valence-electron chi connectivity index (χ1n) is 4.08. The Labute approximate surface area is 77.2 Å². The van der Waals surface area contributed by atoms with Crippen molar-refractivity contribution in [1.82, 2.24) is 4.72 Å². The van der Waals surface area contributed by atoms with E-state index in [9.17, 15) is 13.2 Å². The van der Waals surface area contributed by atoms with Crippen molar-refractivity contribution < 1.29 is 18.3 Å². The fourth-order valence-corrected chi connectivity index (χ4v) is 2.69. The molecule has 0 aromatic rings. The highest BCUT2D eigenvalue weighted by molar-refractivity contribution is 7.88. The molecular formula is C7H13NO4S. The average molecular weight is 207 g/mol. The summed E-state index contributed by atoms with van der Waals surface area (Å²) in [5, 5.41) is 8.90. The van der Waals surface area contributed by atoms with Gasteiger partial charge in [-0.05, 0) is 12.8 Å². The van der Waals surface area contributed by atoms with E-state index in [1.165, 1.54) is 0 Å². The molecule has 5 nitrogen and oxygen atoms in total. The van der Waals surface area contributed by atoms with Crippen LogP contribution < -0.4 is 4.72 Å². The van der Waals surface area contributed by atoms with Crippen LogP contribution in [0, 0.1) is 0 Å². The molecule has 2 N–H and O–H groups in total. The first-order valence-corrected chi connectivity index (χ1v) is 5.97. The minimum absolute atomic E-state index is 0.384. The van der Waals surface area contributed by atoms with Crippen molar-refractivity contribution in [2.45, 2.75) is 31.2 Å². The first-order chi connectivity index (χ1) is 5.86. The molecule has 76 valence electrons. The summed E-state index contributed by atoms with van der Waals surface area (Å²) in [4.78, 5) is 10.9. The predicted molar refractivity (Wildman–Crippen MR) is 46.8 cm³/mol. The van der Waals surface area contributed by atoms with Crippen molar-refractivity contribution in [1.29, 1.82) is 0 Å². The molecule has 0 atom stereocenters. The van der Waals surface area contributed by atoms with E-state index in [4.69, 9.17) is 5.11 Å². The average Bonchev–Trinajstić information content (AvgIpc) is 2.33. The summed E-state index contributed by atoms with van der Waals surface area (Å²) >= 11 is 0. The van der Waals surface area contributed by atoms with Gasteiger partial charge in [-0.15, -0.1) is 0 Å². The third kappa shape index (κ3) is 2.41. The lowest BCUT2D eigenvalue weighted by Gasteiger charge is -2.23. The van der Waals surface area contributed by atoms with Crippen molar-refractivity contribution in [2.75, 3.05) is 6.26 Å². The molecule has 1 aliphatic rings. The zero-order valence-electron chi connectivity index (χ0n) is 7.41. The van der Waals surface area contributed by atoms with E-state index in [0.717, 1.165) is 19.1 Å². The molecule has 0 bridgehead atoms. The highest BCUT2D eigenvalue weighted by Crippen LogP contribution is 2.30. The molecule has 0 aliphatic heterocycles. The molecule has 1 rings (SSSR count). The second kappa shape index (κ2) is 3.26. The molecule has 0 aromatic carbocycles. The molecule has 13 heavy (non-hydrogen) atoms. The predicted octanol–water partition coefficient (Wildman–Crippen LogP) is -0.0670. The molecule has 0 saturated heterocycles. The topological polar surface area (TPSA) is 83.5 Å². The number of hydrogen-bond donors (Lipinski definition) is 2. The third-order valence-electron chi connectivity index (χ3n) is 2.25. The number of hydrogen-bond acceptors (Lipinski definition) is 3. The zero-order chi connectivity index (χ0) is 10.1. The molecule has 0 aromatic heterocycles. The van der Waals surface area contributed by atoms with E-state index in [1.54, 1.807) is 0 Å². The van der Waals surface area contributed by atoms with Gasteiger partial charge in [0.2, 0.25) is 10.0 Å². The second-order valence-electron chi connectivity index (χ2n) is 3.47. The third-order valence-corrected chi connectivity index (χ3v) is 3.01. The summed E-state index contributed by atoms with van der Waals surface area (Å²) in [5.41, 5.74) is -1.24. The van der Waals surface area contributed by atoms with Crippen LogP contribution >= 0.6 is 0 Å². The molecule has 0 amide bonds. The molecule has 0 spiro atoms. The molecule has 0 heterocycles. The standard InChI is InChI=1S/C7H13NO4S/c1-13(11,12)8-7(6(9)10)4-2-3-5-7/h8H,2-5H2,1H3,(H,9,10). The van der Waals surface area contributed by atoms with Gasteiger partial charge in [0.25, 0.3) is 0 Å². The second-order valence-corrected chi connectivity index (χ2v) is 5.22. The SMILES string of the molecule is CS(=O)(=O)NC1(C(=O)O)CCCC1. The van der Waals surface area contributed by atoms with Crippen molar-refractivity contribution in [3.05, 3.63) is 0 Å². The molecular weight excluding hydrogens is 194 g/mol. The maximum absolute atomic E-state index is 10.9. The smallest absolute Gasteiger partial charge is 0.324 e. The number of carboxylic acids is 1. The Morgan fingerprint density at radius 1 is 1.38 bits per heavy atom. The van der Waals surface area contributed by atoms with Gasteiger partial charge in [-0.25, -0.2) is 8.42 Å². The molecule has 1 saturated carbocycles. The zero-order valence-corrected chi connectivity index (χ0v) is 8.23. The number of carbonyl (C=O) groups is 1. The monoisotopic (exact) mass is 207 g/mol. The minimum atomic E-state index is -3.44. The molecule has 1 fully saturated rings. The van der Waals surface area contributed by atoms with Gasteiger partial charge >= 0.3 is 5.97 Å². The number of rotatable bonds is 3. The molecule has 6 heteroatoms. The maximum atomic E-state index is 10.9. The van der Waals surface area contributed by atoms with E-state index in [0.29, 0.717) is 12.8 Å². The Morgan fingerprint density at radius 3 is 2.15 bits per heavy atom.